The van der Waals surface area contributed by atoms with Crippen LogP contribution in [0.3, 0.4) is 0 Å². The van der Waals surface area contributed by atoms with Gasteiger partial charge < -0.3 is 11.1 Å². The molecule has 0 fully saturated rings. The molecule has 0 unspecified atom stereocenters. The van der Waals surface area contributed by atoms with Crippen molar-refractivity contribution in [2.45, 2.75) is 13.5 Å². The Morgan fingerprint density at radius 2 is 2.35 bits per heavy atom. The highest BCUT2D eigenvalue weighted by Crippen LogP contribution is 2.11. The van der Waals surface area contributed by atoms with E-state index in [0.717, 1.165) is 5.56 Å². The van der Waals surface area contributed by atoms with Crippen LogP contribution in [0.1, 0.15) is 5.56 Å². The van der Waals surface area contributed by atoms with E-state index in [1.54, 1.807) is 35.1 Å². The Bertz CT molecular complexity index is 533. The molecule has 5 nitrogen and oxygen atoms in total. The van der Waals surface area contributed by atoms with E-state index in [2.05, 4.69) is 10.4 Å². The molecule has 1 aromatic heterocycles. The molecule has 0 spiro atoms. The van der Waals surface area contributed by atoms with E-state index in [1.807, 2.05) is 13.1 Å². The molecule has 0 saturated carbocycles. The number of carbonyl (C=O) groups excluding carboxylic acids is 1. The molecule has 1 amide bonds. The Morgan fingerprint density at radius 1 is 1.53 bits per heavy atom. The van der Waals surface area contributed by atoms with Gasteiger partial charge in [0.1, 0.15) is 6.54 Å². The molecule has 0 saturated heterocycles. The van der Waals surface area contributed by atoms with Gasteiger partial charge in [0, 0.05) is 17.6 Å². The minimum Gasteiger partial charge on any atom is -0.399 e. The summed E-state index contributed by atoms with van der Waals surface area (Å²) >= 11 is 0. The Kier molecular flexibility index (Phi) is 3.09. The van der Waals surface area contributed by atoms with Crippen molar-refractivity contribution in [1.82, 2.24) is 9.78 Å². The van der Waals surface area contributed by atoms with Gasteiger partial charge in [0.25, 0.3) is 0 Å². The molecule has 5 heteroatoms. The van der Waals surface area contributed by atoms with Gasteiger partial charge in [-0.05, 0) is 30.7 Å². The molecule has 2 rings (SSSR count). The van der Waals surface area contributed by atoms with E-state index in [1.165, 1.54) is 0 Å². The summed E-state index contributed by atoms with van der Waals surface area (Å²) < 4.78 is 1.59. The van der Waals surface area contributed by atoms with Crippen LogP contribution in [0.5, 0.6) is 0 Å². The smallest absolute Gasteiger partial charge is 0.246 e. The van der Waals surface area contributed by atoms with E-state index in [4.69, 9.17) is 5.73 Å². The number of hydrogen-bond acceptors (Lipinski definition) is 3. The molecule has 17 heavy (non-hydrogen) atoms. The van der Waals surface area contributed by atoms with Gasteiger partial charge in [-0.1, -0.05) is 6.07 Å². The Labute approximate surface area is 99.2 Å². The highest BCUT2D eigenvalue weighted by molar-refractivity contribution is 5.90. The molecule has 88 valence electrons. The fraction of sp³-hybridized carbons (Fsp3) is 0.167. The van der Waals surface area contributed by atoms with Crippen molar-refractivity contribution in [2.24, 2.45) is 0 Å². The number of hydrogen-bond donors (Lipinski definition) is 2. The highest BCUT2D eigenvalue weighted by atomic mass is 16.2. The lowest BCUT2D eigenvalue weighted by molar-refractivity contribution is -0.116. The maximum atomic E-state index is 11.7. The predicted octanol–water partition coefficient (Wildman–Crippen LogP) is 1.41. The molecule has 1 aromatic carbocycles. The normalized spacial score (nSPS) is 10.2. The van der Waals surface area contributed by atoms with E-state index in [0.29, 0.717) is 11.4 Å². The van der Waals surface area contributed by atoms with Gasteiger partial charge >= 0.3 is 0 Å². The number of nitrogens with zero attached hydrogens (tertiary/aromatic N) is 2. The average molecular weight is 230 g/mol. The zero-order valence-electron chi connectivity index (χ0n) is 9.55. The second-order valence-electron chi connectivity index (χ2n) is 3.89. The Balaban J connectivity index is 1.98. The first-order chi connectivity index (χ1) is 8.13. The average Bonchev–Trinajstić information content (AvgIpc) is 2.63. The zero-order valence-corrected chi connectivity index (χ0v) is 9.55. The van der Waals surface area contributed by atoms with Crippen LogP contribution < -0.4 is 11.1 Å². The van der Waals surface area contributed by atoms with E-state index in [-0.39, 0.29) is 12.5 Å². The van der Waals surface area contributed by atoms with Crippen molar-refractivity contribution in [3.05, 3.63) is 42.2 Å². The minimum absolute atomic E-state index is 0.126. The van der Waals surface area contributed by atoms with E-state index in [9.17, 15) is 4.79 Å². The number of benzene rings is 1. The number of anilines is 2. The maximum absolute atomic E-state index is 11.7. The molecule has 0 aliphatic rings. The van der Waals surface area contributed by atoms with Crippen LogP contribution in [0.4, 0.5) is 11.4 Å². The van der Waals surface area contributed by atoms with Gasteiger partial charge in [0.05, 0.1) is 6.20 Å². The third-order valence-electron chi connectivity index (χ3n) is 2.24. The standard InChI is InChI=1S/C12H14N4O/c1-9-6-14-16(7-9)8-12(17)15-11-4-2-3-10(13)5-11/h2-7H,8,13H2,1H3,(H,15,17). The van der Waals surface area contributed by atoms with Crippen LogP contribution in [-0.2, 0) is 11.3 Å². The lowest BCUT2D eigenvalue weighted by Gasteiger charge is -2.05. The third-order valence-corrected chi connectivity index (χ3v) is 2.24. The van der Waals surface area contributed by atoms with Gasteiger partial charge in [-0.2, -0.15) is 5.10 Å². The van der Waals surface area contributed by atoms with Gasteiger partial charge in [-0.15, -0.1) is 0 Å². The van der Waals surface area contributed by atoms with Crippen LogP contribution in [0.15, 0.2) is 36.7 Å². The molecule has 1 heterocycles. The predicted molar refractivity (Wildman–Crippen MR) is 66.4 cm³/mol. The molecule has 0 radical (unpaired) electrons. The van der Waals surface area contributed by atoms with Gasteiger partial charge in [0.15, 0.2) is 0 Å². The fourth-order valence-electron chi connectivity index (χ4n) is 1.52. The number of aromatic nitrogens is 2. The molecule has 0 atom stereocenters. The summed E-state index contributed by atoms with van der Waals surface area (Å²) in [4.78, 5) is 11.7. The first-order valence-electron chi connectivity index (χ1n) is 5.28. The van der Waals surface area contributed by atoms with E-state index < -0.39 is 0 Å². The number of carbonyl (C=O) groups is 1. The fourth-order valence-corrected chi connectivity index (χ4v) is 1.52. The number of amides is 1. The maximum Gasteiger partial charge on any atom is 0.246 e. The largest absolute Gasteiger partial charge is 0.399 e. The number of aryl methyl sites for hydroxylation is 1. The summed E-state index contributed by atoms with van der Waals surface area (Å²) in [5, 5.41) is 6.81. The van der Waals surface area contributed by atoms with Crippen molar-refractivity contribution in [1.29, 1.82) is 0 Å². The molecule has 0 aliphatic heterocycles. The summed E-state index contributed by atoms with van der Waals surface area (Å²) in [5.74, 6) is -0.126. The van der Waals surface area contributed by atoms with E-state index >= 15 is 0 Å². The van der Waals surface area contributed by atoms with Crippen LogP contribution >= 0.6 is 0 Å². The molecule has 2 aromatic rings. The summed E-state index contributed by atoms with van der Waals surface area (Å²) in [5.41, 5.74) is 7.97. The van der Waals surface area contributed by atoms with Crippen molar-refractivity contribution < 1.29 is 4.79 Å². The third kappa shape index (κ3) is 3.07. The second kappa shape index (κ2) is 4.69. The summed E-state index contributed by atoms with van der Waals surface area (Å²) in [6.45, 7) is 2.13. The zero-order chi connectivity index (χ0) is 12.3. The molecule has 0 bridgehead atoms. The van der Waals surface area contributed by atoms with Crippen molar-refractivity contribution >= 4 is 17.3 Å². The Hall–Kier alpha value is -2.30. The SMILES string of the molecule is Cc1cnn(CC(=O)Nc2cccc(N)c2)c1. The second-order valence-corrected chi connectivity index (χ2v) is 3.89. The number of rotatable bonds is 3. The molecule has 0 aliphatic carbocycles. The topological polar surface area (TPSA) is 72.9 Å². The quantitative estimate of drug-likeness (QED) is 0.783. The first-order valence-corrected chi connectivity index (χ1v) is 5.28. The summed E-state index contributed by atoms with van der Waals surface area (Å²) in [6, 6.07) is 7.07. The minimum atomic E-state index is -0.126. The number of nitrogens with two attached hydrogens (primary N) is 1. The summed E-state index contributed by atoms with van der Waals surface area (Å²) in [7, 11) is 0. The lowest BCUT2D eigenvalue weighted by Crippen LogP contribution is -2.19. The van der Waals surface area contributed by atoms with Crippen molar-refractivity contribution in [3.63, 3.8) is 0 Å². The van der Waals surface area contributed by atoms with Crippen molar-refractivity contribution in [2.75, 3.05) is 11.1 Å². The molecular formula is C12H14N4O. The van der Waals surface area contributed by atoms with Crippen LogP contribution in [0.2, 0.25) is 0 Å². The highest BCUT2D eigenvalue weighted by Gasteiger charge is 2.04. The molecular weight excluding hydrogens is 216 g/mol. The number of nitrogens with one attached hydrogen (secondary N) is 1. The van der Waals surface area contributed by atoms with Crippen LogP contribution in [-0.4, -0.2) is 15.7 Å². The molecule has 3 N–H and O–H groups in total. The van der Waals surface area contributed by atoms with Crippen LogP contribution in [0.25, 0.3) is 0 Å². The summed E-state index contributed by atoms with van der Waals surface area (Å²) in [6.07, 6.45) is 3.53. The number of nitrogen functional groups attached to an aromatic ring is 1. The van der Waals surface area contributed by atoms with Gasteiger partial charge in [-0.25, -0.2) is 0 Å². The van der Waals surface area contributed by atoms with Gasteiger partial charge in [0.2, 0.25) is 5.91 Å². The first kappa shape index (κ1) is 11.2. The monoisotopic (exact) mass is 230 g/mol. The van der Waals surface area contributed by atoms with Crippen molar-refractivity contribution in [3.8, 4) is 0 Å². The van der Waals surface area contributed by atoms with Gasteiger partial charge in [-0.3, -0.25) is 9.48 Å². The lowest BCUT2D eigenvalue weighted by atomic mass is 10.3. The Morgan fingerprint density at radius 3 is 3.00 bits per heavy atom. The van der Waals surface area contributed by atoms with Crippen LogP contribution in [0, 0.1) is 6.92 Å².